The van der Waals surface area contributed by atoms with Crippen LogP contribution in [0.25, 0.3) is 0 Å². The van der Waals surface area contributed by atoms with E-state index in [2.05, 4.69) is 0 Å². The van der Waals surface area contributed by atoms with Crippen LogP contribution < -0.4 is 4.90 Å². The molecular weight excluding hydrogens is 264 g/mol. The number of hydrogen-bond acceptors (Lipinski definition) is 5. The largest absolute Gasteiger partial charge is 0.478 e. The zero-order chi connectivity index (χ0) is 14.9. The predicted octanol–water partition coefficient (Wildman–Crippen LogP) is 1.91. The average molecular weight is 280 g/mol. The molecule has 1 heterocycles. The lowest BCUT2D eigenvalue weighted by molar-refractivity contribution is -0.384. The summed E-state index contributed by atoms with van der Waals surface area (Å²) in [5, 5.41) is 20.1. The number of nitro benzene ring substituents is 1. The van der Waals surface area contributed by atoms with Crippen molar-refractivity contribution in [2.45, 2.75) is 26.1 Å². The minimum atomic E-state index is -1.10. The molecule has 7 heteroatoms. The number of anilines is 1. The monoisotopic (exact) mass is 280 g/mol. The van der Waals surface area contributed by atoms with E-state index in [1.165, 1.54) is 18.2 Å². The van der Waals surface area contributed by atoms with Crippen molar-refractivity contribution in [3.8, 4) is 0 Å². The van der Waals surface area contributed by atoms with Crippen LogP contribution in [0.15, 0.2) is 18.2 Å². The summed E-state index contributed by atoms with van der Waals surface area (Å²) in [6, 6.07) is 3.80. The van der Waals surface area contributed by atoms with Crippen LogP contribution in [-0.2, 0) is 4.74 Å². The lowest BCUT2D eigenvalue weighted by atomic mass is 10.1. The molecule has 108 valence electrons. The van der Waals surface area contributed by atoms with Crippen molar-refractivity contribution in [1.82, 2.24) is 0 Å². The van der Waals surface area contributed by atoms with E-state index < -0.39 is 10.9 Å². The van der Waals surface area contributed by atoms with Gasteiger partial charge in [-0.05, 0) is 19.9 Å². The molecule has 2 rings (SSSR count). The van der Waals surface area contributed by atoms with Crippen LogP contribution in [0.4, 0.5) is 11.4 Å². The minimum Gasteiger partial charge on any atom is -0.478 e. The number of ether oxygens (including phenoxy) is 1. The molecule has 0 aromatic heterocycles. The van der Waals surface area contributed by atoms with Gasteiger partial charge in [0.2, 0.25) is 0 Å². The van der Waals surface area contributed by atoms with Crippen LogP contribution >= 0.6 is 0 Å². The van der Waals surface area contributed by atoms with E-state index in [9.17, 15) is 20.0 Å². The highest BCUT2D eigenvalue weighted by Crippen LogP contribution is 2.28. The summed E-state index contributed by atoms with van der Waals surface area (Å²) in [5.74, 6) is -1.10. The number of benzene rings is 1. The topological polar surface area (TPSA) is 92.9 Å². The lowest BCUT2D eigenvalue weighted by Gasteiger charge is -2.37. The van der Waals surface area contributed by atoms with Gasteiger partial charge in [0, 0.05) is 25.2 Å². The fourth-order valence-electron chi connectivity index (χ4n) is 2.45. The van der Waals surface area contributed by atoms with Crippen molar-refractivity contribution in [2.24, 2.45) is 0 Å². The van der Waals surface area contributed by atoms with E-state index in [1.54, 1.807) is 0 Å². The molecule has 0 aliphatic carbocycles. The summed E-state index contributed by atoms with van der Waals surface area (Å²) in [6.45, 7) is 4.79. The Morgan fingerprint density at radius 1 is 1.40 bits per heavy atom. The number of aromatic carboxylic acids is 1. The SMILES string of the molecule is C[C@@H]1CN(c2cc([N+](=O)[O-])ccc2C(=O)O)C[C@H](C)O1. The molecule has 1 saturated heterocycles. The zero-order valence-corrected chi connectivity index (χ0v) is 11.3. The molecule has 0 unspecified atom stereocenters. The maximum absolute atomic E-state index is 11.3. The standard InChI is InChI=1S/C13H16N2O5/c1-8-6-14(7-9(2)20-8)12-5-10(15(18)19)3-4-11(12)13(16)17/h3-5,8-9H,6-7H2,1-2H3,(H,16,17)/t8-,9+. The number of non-ortho nitro benzene ring substituents is 1. The summed E-state index contributed by atoms with van der Waals surface area (Å²) >= 11 is 0. The first-order valence-corrected chi connectivity index (χ1v) is 6.30. The van der Waals surface area contributed by atoms with E-state index >= 15 is 0 Å². The highest BCUT2D eigenvalue weighted by Gasteiger charge is 2.27. The quantitative estimate of drug-likeness (QED) is 0.671. The second kappa shape index (κ2) is 5.46. The van der Waals surface area contributed by atoms with Crippen molar-refractivity contribution in [2.75, 3.05) is 18.0 Å². The normalized spacial score (nSPS) is 22.6. The third-order valence-corrected chi connectivity index (χ3v) is 3.18. The first kappa shape index (κ1) is 14.3. The Hall–Kier alpha value is -2.15. The molecule has 0 saturated carbocycles. The molecule has 0 radical (unpaired) electrons. The smallest absolute Gasteiger partial charge is 0.337 e. The minimum absolute atomic E-state index is 0.0559. The number of carboxylic acid groups (broad SMARTS) is 1. The molecule has 2 atom stereocenters. The molecule has 0 amide bonds. The van der Waals surface area contributed by atoms with Crippen molar-refractivity contribution in [1.29, 1.82) is 0 Å². The van der Waals surface area contributed by atoms with E-state index in [4.69, 9.17) is 4.74 Å². The number of carboxylic acids is 1. The molecule has 1 N–H and O–H groups in total. The van der Waals surface area contributed by atoms with Gasteiger partial charge in [-0.15, -0.1) is 0 Å². The van der Waals surface area contributed by atoms with Gasteiger partial charge in [-0.25, -0.2) is 4.79 Å². The summed E-state index contributed by atoms with van der Waals surface area (Å²) < 4.78 is 5.59. The Bertz CT molecular complexity index is 536. The van der Waals surface area contributed by atoms with Gasteiger partial charge < -0.3 is 14.7 Å². The molecule has 1 aromatic rings. The van der Waals surface area contributed by atoms with Crippen LogP contribution in [0.2, 0.25) is 0 Å². The highest BCUT2D eigenvalue weighted by molar-refractivity contribution is 5.95. The van der Waals surface area contributed by atoms with Crippen LogP contribution in [0.3, 0.4) is 0 Å². The Morgan fingerprint density at radius 3 is 2.50 bits per heavy atom. The van der Waals surface area contributed by atoms with Crippen LogP contribution in [0.5, 0.6) is 0 Å². The van der Waals surface area contributed by atoms with Gasteiger partial charge in [0.1, 0.15) is 0 Å². The molecule has 1 aromatic carbocycles. The van der Waals surface area contributed by atoms with Crippen LogP contribution in [0.1, 0.15) is 24.2 Å². The third-order valence-electron chi connectivity index (χ3n) is 3.18. The van der Waals surface area contributed by atoms with Crippen molar-refractivity contribution in [3.63, 3.8) is 0 Å². The number of hydrogen-bond donors (Lipinski definition) is 1. The molecule has 1 aliphatic rings. The second-order valence-corrected chi connectivity index (χ2v) is 4.93. The zero-order valence-electron chi connectivity index (χ0n) is 11.3. The van der Waals surface area contributed by atoms with Crippen LogP contribution in [0, 0.1) is 10.1 Å². The highest BCUT2D eigenvalue weighted by atomic mass is 16.6. The number of carbonyl (C=O) groups is 1. The molecule has 1 fully saturated rings. The van der Waals surface area contributed by atoms with Crippen LogP contribution in [-0.4, -0.2) is 41.3 Å². The molecule has 7 nitrogen and oxygen atoms in total. The van der Waals surface area contributed by atoms with Crippen molar-refractivity contribution >= 4 is 17.3 Å². The fraction of sp³-hybridized carbons (Fsp3) is 0.462. The predicted molar refractivity (Wildman–Crippen MR) is 72.3 cm³/mol. The number of nitrogens with zero attached hydrogens (tertiary/aromatic N) is 2. The van der Waals surface area contributed by atoms with E-state index in [-0.39, 0.29) is 23.5 Å². The average Bonchev–Trinajstić information content (AvgIpc) is 2.36. The molecule has 0 bridgehead atoms. The molecular formula is C13H16N2O5. The molecule has 1 aliphatic heterocycles. The van der Waals surface area contributed by atoms with Gasteiger partial charge in [-0.1, -0.05) is 0 Å². The van der Waals surface area contributed by atoms with Gasteiger partial charge >= 0.3 is 5.97 Å². The molecule has 20 heavy (non-hydrogen) atoms. The second-order valence-electron chi connectivity index (χ2n) is 4.93. The Labute approximate surface area is 115 Å². The lowest BCUT2D eigenvalue weighted by Crippen LogP contribution is -2.46. The third kappa shape index (κ3) is 2.88. The van der Waals surface area contributed by atoms with Gasteiger partial charge in [0.15, 0.2) is 0 Å². The summed E-state index contributed by atoms with van der Waals surface area (Å²) in [6.07, 6.45) is -0.112. The number of morpholine rings is 1. The Kier molecular flexibility index (Phi) is 3.89. The maximum atomic E-state index is 11.3. The van der Waals surface area contributed by atoms with Gasteiger partial charge in [0.25, 0.3) is 5.69 Å². The van der Waals surface area contributed by atoms with E-state index in [0.717, 1.165) is 0 Å². The summed E-state index contributed by atoms with van der Waals surface area (Å²) in [7, 11) is 0. The van der Waals surface area contributed by atoms with Gasteiger partial charge in [0.05, 0.1) is 28.4 Å². The number of nitro groups is 1. The Morgan fingerprint density at radius 2 is 2.00 bits per heavy atom. The molecule has 0 spiro atoms. The van der Waals surface area contributed by atoms with Gasteiger partial charge in [-0.3, -0.25) is 10.1 Å². The first-order valence-electron chi connectivity index (χ1n) is 6.30. The van der Waals surface area contributed by atoms with E-state index in [0.29, 0.717) is 18.8 Å². The van der Waals surface area contributed by atoms with E-state index in [1.807, 2.05) is 18.7 Å². The number of rotatable bonds is 3. The van der Waals surface area contributed by atoms with Gasteiger partial charge in [-0.2, -0.15) is 0 Å². The maximum Gasteiger partial charge on any atom is 0.337 e. The summed E-state index contributed by atoms with van der Waals surface area (Å²) in [5.41, 5.74) is 0.322. The summed E-state index contributed by atoms with van der Waals surface area (Å²) in [4.78, 5) is 23.4. The Balaban J connectivity index is 2.43. The van der Waals surface area contributed by atoms with Crippen molar-refractivity contribution in [3.05, 3.63) is 33.9 Å². The fourth-order valence-corrected chi connectivity index (χ4v) is 2.45. The first-order chi connectivity index (χ1) is 9.38. The van der Waals surface area contributed by atoms with Crippen molar-refractivity contribution < 1.29 is 19.6 Å².